The fraction of sp³-hybridized carbons (Fsp3) is 0.440. The highest BCUT2D eigenvalue weighted by Crippen LogP contribution is 2.30. The van der Waals surface area contributed by atoms with Gasteiger partial charge in [-0.05, 0) is 41.8 Å². The number of carbonyl (C=O) groups excluding carboxylic acids is 2. The van der Waals surface area contributed by atoms with Gasteiger partial charge in [-0.2, -0.15) is 0 Å². The Bertz CT molecular complexity index is 980. The average molecular weight is 471 g/mol. The topological polar surface area (TPSA) is 65.1 Å². The number of morpholine rings is 1. The number of urea groups is 1. The summed E-state index contributed by atoms with van der Waals surface area (Å²) in [7, 11) is 0. The van der Waals surface area contributed by atoms with Crippen LogP contribution in [0.5, 0.6) is 0 Å². The molecule has 3 fully saturated rings. The van der Waals surface area contributed by atoms with E-state index in [4.69, 9.17) is 4.74 Å². The largest absolute Gasteiger partial charge is 0.366 e. The standard InChI is InChI=1S/C25H28F2N4O3/c26-19-5-1-17(2-6-19)24(18-3-7-20(27)8-4-18)29-11-13-30(14-12-29)25(33)31-10-9-22-21(15-31)28-23(32)16-34-22/h1-8,21-22,24H,9-16H2,(H,28,32)/t21-,22+/m0/s1. The summed E-state index contributed by atoms with van der Waals surface area (Å²) in [6, 6.07) is 12.4. The van der Waals surface area contributed by atoms with E-state index in [2.05, 4.69) is 10.2 Å². The maximum atomic E-state index is 13.5. The molecule has 2 atom stereocenters. The minimum Gasteiger partial charge on any atom is -0.366 e. The molecule has 3 aliphatic heterocycles. The van der Waals surface area contributed by atoms with Crippen LogP contribution in [0.3, 0.4) is 0 Å². The lowest BCUT2D eigenvalue weighted by Crippen LogP contribution is -2.63. The van der Waals surface area contributed by atoms with Crippen LogP contribution in [0.15, 0.2) is 48.5 Å². The lowest BCUT2D eigenvalue weighted by atomic mass is 9.96. The SMILES string of the molecule is O=C1CO[C@@H]2CCN(C(=O)N3CCN(C(c4ccc(F)cc4)c4ccc(F)cc4)CC3)C[C@@H]2N1. The van der Waals surface area contributed by atoms with Crippen molar-refractivity contribution in [2.45, 2.75) is 24.6 Å². The van der Waals surface area contributed by atoms with E-state index in [1.165, 1.54) is 24.3 Å². The number of hydrogen-bond donors (Lipinski definition) is 1. The van der Waals surface area contributed by atoms with Gasteiger partial charge in [-0.15, -0.1) is 0 Å². The number of benzene rings is 2. The molecule has 0 aromatic heterocycles. The lowest BCUT2D eigenvalue weighted by molar-refractivity contribution is -0.139. The normalized spacial score (nSPS) is 23.6. The molecule has 2 aromatic rings. The average Bonchev–Trinajstić information content (AvgIpc) is 2.86. The second-order valence-electron chi connectivity index (χ2n) is 9.07. The first-order valence-corrected chi connectivity index (χ1v) is 11.7. The molecule has 0 bridgehead atoms. The molecule has 0 spiro atoms. The number of nitrogens with one attached hydrogen (secondary N) is 1. The Morgan fingerprint density at radius 3 is 2.06 bits per heavy atom. The third-order valence-electron chi connectivity index (χ3n) is 6.92. The van der Waals surface area contributed by atoms with E-state index in [-0.39, 0.29) is 48.4 Å². The van der Waals surface area contributed by atoms with Crippen molar-refractivity contribution in [3.05, 3.63) is 71.3 Å². The minimum absolute atomic E-state index is 0.0296. The van der Waals surface area contributed by atoms with Crippen LogP contribution in [0.1, 0.15) is 23.6 Å². The number of ether oxygens (including phenoxy) is 1. The maximum absolute atomic E-state index is 13.5. The molecular formula is C25H28F2N4O3. The van der Waals surface area contributed by atoms with Gasteiger partial charge in [0.2, 0.25) is 5.91 Å². The number of likely N-dealkylation sites (tertiary alicyclic amines) is 1. The molecule has 3 amide bonds. The van der Waals surface area contributed by atoms with Crippen molar-refractivity contribution in [3.8, 4) is 0 Å². The van der Waals surface area contributed by atoms with Crippen LogP contribution < -0.4 is 5.32 Å². The van der Waals surface area contributed by atoms with Crippen molar-refractivity contribution in [2.24, 2.45) is 0 Å². The molecular weight excluding hydrogens is 442 g/mol. The van der Waals surface area contributed by atoms with Gasteiger partial charge in [-0.25, -0.2) is 13.6 Å². The number of carbonyl (C=O) groups is 2. The molecule has 1 N–H and O–H groups in total. The first kappa shape index (κ1) is 22.7. The van der Waals surface area contributed by atoms with E-state index < -0.39 is 0 Å². The van der Waals surface area contributed by atoms with Crippen LogP contribution in [0.25, 0.3) is 0 Å². The van der Waals surface area contributed by atoms with Crippen molar-refractivity contribution in [1.82, 2.24) is 20.0 Å². The zero-order chi connectivity index (χ0) is 23.7. The summed E-state index contributed by atoms with van der Waals surface area (Å²) in [5, 5.41) is 2.93. The monoisotopic (exact) mass is 470 g/mol. The molecule has 5 rings (SSSR count). The number of halogens is 2. The van der Waals surface area contributed by atoms with Gasteiger partial charge in [0.25, 0.3) is 0 Å². The molecule has 0 aliphatic carbocycles. The van der Waals surface area contributed by atoms with Crippen LogP contribution >= 0.6 is 0 Å². The third-order valence-corrected chi connectivity index (χ3v) is 6.92. The van der Waals surface area contributed by atoms with E-state index in [1.54, 1.807) is 29.2 Å². The van der Waals surface area contributed by atoms with Gasteiger partial charge in [-0.1, -0.05) is 24.3 Å². The highest BCUT2D eigenvalue weighted by molar-refractivity contribution is 5.79. The molecule has 0 radical (unpaired) electrons. The van der Waals surface area contributed by atoms with E-state index >= 15 is 0 Å². The number of hydrogen-bond acceptors (Lipinski definition) is 4. The van der Waals surface area contributed by atoms with Gasteiger partial charge in [0.15, 0.2) is 0 Å². The Morgan fingerprint density at radius 2 is 1.47 bits per heavy atom. The van der Waals surface area contributed by atoms with Crippen LogP contribution in [0.2, 0.25) is 0 Å². The Labute approximate surface area is 197 Å². The van der Waals surface area contributed by atoms with Crippen molar-refractivity contribution in [1.29, 1.82) is 0 Å². The number of fused-ring (bicyclic) bond motifs is 1. The number of nitrogens with zero attached hydrogens (tertiary/aromatic N) is 3. The van der Waals surface area contributed by atoms with E-state index in [1.807, 2.05) is 4.90 Å². The summed E-state index contributed by atoms with van der Waals surface area (Å²) in [4.78, 5) is 30.7. The number of rotatable bonds is 3. The van der Waals surface area contributed by atoms with Gasteiger partial charge in [-0.3, -0.25) is 9.69 Å². The first-order valence-electron chi connectivity index (χ1n) is 11.7. The van der Waals surface area contributed by atoms with Gasteiger partial charge >= 0.3 is 6.03 Å². The minimum atomic E-state index is -0.305. The summed E-state index contributed by atoms with van der Waals surface area (Å²) >= 11 is 0. The van der Waals surface area contributed by atoms with E-state index in [0.717, 1.165) is 11.1 Å². The van der Waals surface area contributed by atoms with Gasteiger partial charge in [0.1, 0.15) is 18.2 Å². The zero-order valence-corrected chi connectivity index (χ0v) is 18.8. The Kier molecular flexibility index (Phi) is 6.47. The van der Waals surface area contributed by atoms with Crippen molar-refractivity contribution < 1.29 is 23.1 Å². The molecule has 3 saturated heterocycles. The van der Waals surface area contributed by atoms with Crippen molar-refractivity contribution in [2.75, 3.05) is 45.9 Å². The smallest absolute Gasteiger partial charge is 0.320 e. The van der Waals surface area contributed by atoms with Gasteiger partial charge < -0.3 is 19.9 Å². The Balaban J connectivity index is 1.26. The molecule has 7 nitrogen and oxygen atoms in total. The molecule has 2 aromatic carbocycles. The molecule has 0 saturated carbocycles. The molecule has 3 aliphatic rings. The molecule has 3 heterocycles. The predicted octanol–water partition coefficient (Wildman–Crippen LogP) is 2.38. The quantitative estimate of drug-likeness (QED) is 0.748. The van der Waals surface area contributed by atoms with E-state index in [9.17, 15) is 18.4 Å². The molecule has 180 valence electrons. The van der Waals surface area contributed by atoms with Crippen molar-refractivity contribution in [3.63, 3.8) is 0 Å². The van der Waals surface area contributed by atoms with Crippen LogP contribution in [0, 0.1) is 11.6 Å². The highest BCUT2D eigenvalue weighted by Gasteiger charge is 2.38. The third kappa shape index (κ3) is 4.76. The Hall–Kier alpha value is -3.04. The number of amides is 3. The summed E-state index contributed by atoms with van der Waals surface area (Å²) in [5.41, 5.74) is 1.84. The van der Waals surface area contributed by atoms with Gasteiger partial charge in [0.05, 0.1) is 18.2 Å². The van der Waals surface area contributed by atoms with Crippen LogP contribution in [0.4, 0.5) is 13.6 Å². The lowest BCUT2D eigenvalue weighted by Gasteiger charge is -2.44. The summed E-state index contributed by atoms with van der Waals surface area (Å²) in [6.07, 6.45) is 0.666. The molecule has 34 heavy (non-hydrogen) atoms. The first-order chi connectivity index (χ1) is 16.5. The summed E-state index contributed by atoms with van der Waals surface area (Å²) < 4.78 is 32.7. The maximum Gasteiger partial charge on any atom is 0.320 e. The summed E-state index contributed by atoms with van der Waals surface area (Å²) in [5.74, 6) is -0.752. The number of piperidine rings is 1. The van der Waals surface area contributed by atoms with Gasteiger partial charge in [0, 0.05) is 39.3 Å². The molecule has 9 heteroatoms. The highest BCUT2D eigenvalue weighted by atomic mass is 19.1. The zero-order valence-electron chi connectivity index (χ0n) is 18.8. The Morgan fingerprint density at radius 1 is 0.882 bits per heavy atom. The number of piperazine rings is 1. The fourth-order valence-electron chi connectivity index (χ4n) is 5.15. The summed E-state index contributed by atoms with van der Waals surface area (Å²) in [6.45, 7) is 3.49. The van der Waals surface area contributed by atoms with Crippen molar-refractivity contribution >= 4 is 11.9 Å². The van der Waals surface area contributed by atoms with Crippen LogP contribution in [-0.2, 0) is 9.53 Å². The molecule has 0 unspecified atom stereocenters. The fourth-order valence-corrected chi connectivity index (χ4v) is 5.15. The van der Waals surface area contributed by atoms with E-state index in [0.29, 0.717) is 45.7 Å². The second-order valence-corrected chi connectivity index (χ2v) is 9.07. The van der Waals surface area contributed by atoms with Crippen LogP contribution in [-0.4, -0.2) is 84.7 Å². The second kappa shape index (κ2) is 9.68. The predicted molar refractivity (Wildman–Crippen MR) is 121 cm³/mol.